The van der Waals surface area contributed by atoms with Crippen molar-refractivity contribution < 1.29 is 23.7 Å². The number of hydrogen-bond donors (Lipinski definition) is 0. The van der Waals surface area contributed by atoms with Gasteiger partial charge in [0.15, 0.2) is 17.3 Å². The number of carbonyl (C=O) groups is 1. The molecule has 0 saturated carbocycles. The number of allylic oxidation sites excluding steroid dienone is 3. The second-order valence-electron chi connectivity index (χ2n) is 5.56. The van der Waals surface area contributed by atoms with Crippen LogP contribution < -0.4 is 14.2 Å². The van der Waals surface area contributed by atoms with Crippen LogP contribution in [0.2, 0.25) is 0 Å². The van der Waals surface area contributed by atoms with Gasteiger partial charge in [-0.05, 0) is 32.4 Å². The van der Waals surface area contributed by atoms with E-state index < -0.39 is 0 Å². The summed E-state index contributed by atoms with van der Waals surface area (Å²) in [7, 11) is 4.73. The fraction of sp³-hybridized carbons (Fsp3) is 0.421. The van der Waals surface area contributed by atoms with Crippen LogP contribution in [-0.2, 0) is 9.53 Å². The first-order valence-electron chi connectivity index (χ1n) is 7.89. The number of ether oxygens (including phenoxy) is 4. The standard InChI is InChI=1S/C19H24O5/c1-6-24-11-15-14(9-12(2)10-16(15)20)13-7-8-17(21-3)19(23-5)18(13)22-4/h7-8,10-11,14H,6,9H2,1-5H3/b15-11-/t14-/m0/s1. The van der Waals surface area contributed by atoms with Gasteiger partial charge in [0.25, 0.3) is 0 Å². The molecule has 24 heavy (non-hydrogen) atoms. The molecule has 1 aliphatic carbocycles. The summed E-state index contributed by atoms with van der Waals surface area (Å²) in [5.74, 6) is 1.50. The lowest BCUT2D eigenvalue weighted by Crippen LogP contribution is -2.17. The van der Waals surface area contributed by atoms with Crippen LogP contribution in [0, 0.1) is 0 Å². The van der Waals surface area contributed by atoms with E-state index in [-0.39, 0.29) is 11.7 Å². The molecule has 2 rings (SSSR count). The molecule has 0 spiro atoms. The molecule has 5 nitrogen and oxygen atoms in total. The van der Waals surface area contributed by atoms with E-state index in [1.54, 1.807) is 33.7 Å². The lowest BCUT2D eigenvalue weighted by atomic mass is 9.79. The third-order valence-electron chi connectivity index (χ3n) is 4.05. The molecule has 0 aromatic heterocycles. The highest BCUT2D eigenvalue weighted by atomic mass is 16.5. The molecule has 1 aliphatic rings. The van der Waals surface area contributed by atoms with Crippen LogP contribution in [0.25, 0.3) is 0 Å². The van der Waals surface area contributed by atoms with E-state index >= 15 is 0 Å². The SMILES string of the molecule is CCO/C=C1\C(=O)C=C(C)C[C@H]1c1ccc(OC)c(OC)c1OC. The Labute approximate surface area is 142 Å². The third kappa shape index (κ3) is 3.40. The zero-order valence-corrected chi connectivity index (χ0v) is 14.8. The van der Waals surface area contributed by atoms with Crippen molar-refractivity contribution in [3.8, 4) is 17.2 Å². The highest BCUT2D eigenvalue weighted by Crippen LogP contribution is 2.47. The van der Waals surface area contributed by atoms with E-state index in [9.17, 15) is 4.79 Å². The molecule has 130 valence electrons. The van der Waals surface area contributed by atoms with Gasteiger partial charge in [0.05, 0.1) is 34.2 Å². The molecule has 0 amide bonds. The summed E-state index contributed by atoms with van der Waals surface area (Å²) in [6.07, 6.45) is 3.94. The highest BCUT2D eigenvalue weighted by Gasteiger charge is 2.31. The van der Waals surface area contributed by atoms with Gasteiger partial charge in [0.1, 0.15) is 0 Å². The molecule has 0 fully saturated rings. The van der Waals surface area contributed by atoms with E-state index in [1.807, 2.05) is 26.0 Å². The summed E-state index contributed by atoms with van der Waals surface area (Å²) in [6.45, 7) is 4.35. The fourth-order valence-corrected chi connectivity index (χ4v) is 2.96. The molecule has 0 radical (unpaired) electrons. The zero-order chi connectivity index (χ0) is 17.7. The lowest BCUT2D eigenvalue weighted by molar-refractivity contribution is -0.112. The van der Waals surface area contributed by atoms with Gasteiger partial charge < -0.3 is 18.9 Å². The van der Waals surface area contributed by atoms with E-state index in [0.717, 1.165) is 17.6 Å². The molecule has 5 heteroatoms. The van der Waals surface area contributed by atoms with Gasteiger partial charge in [-0.3, -0.25) is 4.79 Å². The second-order valence-corrected chi connectivity index (χ2v) is 5.56. The number of benzene rings is 1. The van der Waals surface area contributed by atoms with Crippen molar-refractivity contribution in [3.05, 3.63) is 41.2 Å². The molecule has 0 N–H and O–H groups in total. The Morgan fingerprint density at radius 2 is 1.83 bits per heavy atom. The molecule has 0 heterocycles. The number of methoxy groups -OCH3 is 3. The first kappa shape index (κ1) is 17.9. The Kier molecular flexibility index (Phi) is 5.90. The topological polar surface area (TPSA) is 54.0 Å². The van der Waals surface area contributed by atoms with Crippen molar-refractivity contribution >= 4 is 5.78 Å². The van der Waals surface area contributed by atoms with Crippen molar-refractivity contribution in [2.75, 3.05) is 27.9 Å². The summed E-state index contributed by atoms with van der Waals surface area (Å²) in [5, 5.41) is 0. The van der Waals surface area contributed by atoms with E-state index in [2.05, 4.69) is 0 Å². The summed E-state index contributed by atoms with van der Waals surface area (Å²) >= 11 is 0. The van der Waals surface area contributed by atoms with E-state index in [1.165, 1.54) is 0 Å². The first-order valence-corrected chi connectivity index (χ1v) is 7.89. The number of rotatable bonds is 6. The van der Waals surface area contributed by atoms with Crippen molar-refractivity contribution in [3.63, 3.8) is 0 Å². The van der Waals surface area contributed by atoms with Crippen molar-refractivity contribution in [1.82, 2.24) is 0 Å². The minimum absolute atomic E-state index is 0.0333. The van der Waals surface area contributed by atoms with Gasteiger partial charge in [-0.1, -0.05) is 11.6 Å². The minimum atomic E-state index is -0.149. The monoisotopic (exact) mass is 332 g/mol. The maximum absolute atomic E-state index is 12.5. The highest BCUT2D eigenvalue weighted by molar-refractivity contribution is 6.06. The molecule has 0 saturated heterocycles. The van der Waals surface area contributed by atoms with Gasteiger partial charge in [-0.2, -0.15) is 0 Å². The normalized spacial score (nSPS) is 19.0. The van der Waals surface area contributed by atoms with Crippen LogP contribution in [0.1, 0.15) is 31.7 Å². The van der Waals surface area contributed by atoms with Crippen LogP contribution in [0.4, 0.5) is 0 Å². The van der Waals surface area contributed by atoms with Crippen LogP contribution in [-0.4, -0.2) is 33.7 Å². The number of ketones is 1. The van der Waals surface area contributed by atoms with E-state index in [0.29, 0.717) is 29.4 Å². The van der Waals surface area contributed by atoms with Crippen LogP contribution in [0.3, 0.4) is 0 Å². The van der Waals surface area contributed by atoms with Gasteiger partial charge in [-0.25, -0.2) is 0 Å². The Hall–Kier alpha value is -2.43. The third-order valence-corrected chi connectivity index (χ3v) is 4.05. The summed E-state index contributed by atoms with van der Waals surface area (Å²) < 4.78 is 21.8. The van der Waals surface area contributed by atoms with Crippen molar-refractivity contribution in [2.24, 2.45) is 0 Å². The Morgan fingerprint density at radius 1 is 1.12 bits per heavy atom. The van der Waals surface area contributed by atoms with Gasteiger partial charge in [0.2, 0.25) is 5.75 Å². The Morgan fingerprint density at radius 3 is 2.42 bits per heavy atom. The smallest absolute Gasteiger partial charge is 0.203 e. The number of carbonyl (C=O) groups excluding carboxylic acids is 1. The molecule has 0 unspecified atom stereocenters. The average molecular weight is 332 g/mol. The van der Waals surface area contributed by atoms with E-state index in [4.69, 9.17) is 18.9 Å². The minimum Gasteiger partial charge on any atom is -0.501 e. The fourth-order valence-electron chi connectivity index (χ4n) is 2.96. The maximum Gasteiger partial charge on any atom is 0.203 e. The summed E-state index contributed by atoms with van der Waals surface area (Å²) in [5.41, 5.74) is 2.52. The molecular weight excluding hydrogens is 308 g/mol. The average Bonchev–Trinajstić information content (AvgIpc) is 2.58. The molecule has 1 aromatic rings. The summed E-state index contributed by atoms with van der Waals surface area (Å²) in [4.78, 5) is 12.5. The van der Waals surface area contributed by atoms with Gasteiger partial charge in [-0.15, -0.1) is 0 Å². The molecule has 0 bridgehead atoms. The first-order chi connectivity index (χ1) is 11.6. The van der Waals surface area contributed by atoms with Crippen molar-refractivity contribution in [2.45, 2.75) is 26.2 Å². The van der Waals surface area contributed by atoms with Crippen molar-refractivity contribution in [1.29, 1.82) is 0 Å². The van der Waals surface area contributed by atoms with Crippen LogP contribution >= 0.6 is 0 Å². The lowest BCUT2D eigenvalue weighted by Gasteiger charge is -2.26. The second kappa shape index (κ2) is 7.90. The van der Waals surface area contributed by atoms with Crippen LogP contribution in [0.5, 0.6) is 17.2 Å². The quantitative estimate of drug-likeness (QED) is 0.588. The summed E-state index contributed by atoms with van der Waals surface area (Å²) in [6, 6.07) is 3.74. The molecule has 1 aromatic carbocycles. The van der Waals surface area contributed by atoms with Gasteiger partial charge in [0, 0.05) is 17.1 Å². The Bertz CT molecular complexity index is 673. The molecule has 0 aliphatic heterocycles. The largest absolute Gasteiger partial charge is 0.501 e. The predicted octanol–water partition coefficient (Wildman–Crippen LogP) is 3.64. The zero-order valence-electron chi connectivity index (χ0n) is 14.8. The van der Waals surface area contributed by atoms with Crippen LogP contribution in [0.15, 0.2) is 35.6 Å². The predicted molar refractivity (Wildman–Crippen MR) is 91.9 cm³/mol. The Balaban J connectivity index is 2.59. The maximum atomic E-state index is 12.5. The number of hydrogen-bond acceptors (Lipinski definition) is 5. The molecular formula is C19H24O5. The van der Waals surface area contributed by atoms with Gasteiger partial charge >= 0.3 is 0 Å². The molecule has 1 atom stereocenters.